The minimum Gasteiger partial charge on any atom is -0.464 e. The minimum atomic E-state index is -1.09. The van der Waals surface area contributed by atoms with Crippen LogP contribution in [-0.4, -0.2) is 30.5 Å². The van der Waals surface area contributed by atoms with E-state index in [9.17, 15) is 14.4 Å². The van der Waals surface area contributed by atoms with Crippen molar-refractivity contribution in [3.63, 3.8) is 0 Å². The molecule has 0 fully saturated rings. The lowest BCUT2D eigenvalue weighted by atomic mass is 10.0. The summed E-state index contributed by atoms with van der Waals surface area (Å²) in [7, 11) is 0. The van der Waals surface area contributed by atoms with E-state index < -0.39 is 18.1 Å². The first-order valence-electron chi connectivity index (χ1n) is 18.7. The standard InChI is InChI=1S/C39H67NO5/c1-4-7-9-11-13-15-17-19-21-23-28-32-35(41)40-37(39(43)44-6-3)38(34-30-26-25-27-31-34)45-36(42)33-29-24-22-20-18-16-14-12-10-8-5-2/h25-27,30-31,37-38H,4-24,28-29,32-33H2,1-3H3,(H,40,41)/t37-,38-/m1/s1. The van der Waals surface area contributed by atoms with Gasteiger partial charge in [-0.2, -0.15) is 0 Å². The van der Waals surface area contributed by atoms with Gasteiger partial charge >= 0.3 is 11.9 Å². The Labute approximate surface area is 276 Å². The lowest BCUT2D eigenvalue weighted by molar-refractivity contribution is -0.160. The molecule has 0 aromatic heterocycles. The summed E-state index contributed by atoms with van der Waals surface area (Å²) in [5.74, 6) is -1.15. The number of esters is 2. The van der Waals surface area contributed by atoms with Crippen molar-refractivity contribution in [3.05, 3.63) is 35.9 Å². The zero-order valence-corrected chi connectivity index (χ0v) is 29.3. The zero-order valence-electron chi connectivity index (χ0n) is 29.3. The molecule has 0 aliphatic carbocycles. The number of hydrogen-bond donors (Lipinski definition) is 1. The molecule has 0 bridgehead atoms. The molecule has 258 valence electrons. The van der Waals surface area contributed by atoms with Gasteiger partial charge < -0.3 is 14.8 Å². The molecule has 6 nitrogen and oxygen atoms in total. The quantitative estimate of drug-likeness (QED) is 0.0676. The smallest absolute Gasteiger partial charge is 0.332 e. The van der Waals surface area contributed by atoms with Gasteiger partial charge in [-0.3, -0.25) is 9.59 Å². The molecule has 0 radical (unpaired) electrons. The monoisotopic (exact) mass is 630 g/mol. The highest BCUT2D eigenvalue weighted by Gasteiger charge is 2.35. The van der Waals surface area contributed by atoms with E-state index in [1.165, 1.54) is 103 Å². The number of ether oxygens (including phenoxy) is 2. The van der Waals surface area contributed by atoms with Crippen molar-refractivity contribution in [3.8, 4) is 0 Å². The highest BCUT2D eigenvalue weighted by atomic mass is 16.6. The number of carbonyl (C=O) groups is 3. The van der Waals surface area contributed by atoms with E-state index in [2.05, 4.69) is 19.2 Å². The van der Waals surface area contributed by atoms with Gasteiger partial charge in [0.1, 0.15) is 0 Å². The summed E-state index contributed by atoms with van der Waals surface area (Å²) in [6, 6.07) is 8.11. The number of nitrogens with one attached hydrogen (secondary N) is 1. The molecule has 45 heavy (non-hydrogen) atoms. The Morgan fingerprint density at radius 1 is 0.578 bits per heavy atom. The van der Waals surface area contributed by atoms with Crippen molar-refractivity contribution in [2.24, 2.45) is 0 Å². The molecule has 0 aliphatic heterocycles. The number of amides is 1. The topological polar surface area (TPSA) is 81.7 Å². The van der Waals surface area contributed by atoms with Crippen LogP contribution in [-0.2, 0) is 23.9 Å². The van der Waals surface area contributed by atoms with E-state index in [1.54, 1.807) is 6.92 Å². The van der Waals surface area contributed by atoms with Gasteiger partial charge in [0.25, 0.3) is 0 Å². The Morgan fingerprint density at radius 2 is 1.00 bits per heavy atom. The second-order valence-electron chi connectivity index (χ2n) is 12.7. The van der Waals surface area contributed by atoms with Gasteiger partial charge in [0.15, 0.2) is 12.1 Å². The van der Waals surface area contributed by atoms with Gasteiger partial charge in [-0.25, -0.2) is 4.79 Å². The summed E-state index contributed by atoms with van der Waals surface area (Å²) in [6.07, 6.45) is 26.2. The van der Waals surface area contributed by atoms with Crippen molar-refractivity contribution in [2.45, 2.75) is 187 Å². The van der Waals surface area contributed by atoms with Gasteiger partial charge in [-0.1, -0.05) is 173 Å². The van der Waals surface area contributed by atoms with Crippen LogP contribution in [0.3, 0.4) is 0 Å². The van der Waals surface area contributed by atoms with E-state index in [0.29, 0.717) is 18.4 Å². The molecule has 1 rings (SSSR count). The fraction of sp³-hybridized carbons (Fsp3) is 0.769. The fourth-order valence-electron chi connectivity index (χ4n) is 5.79. The van der Waals surface area contributed by atoms with Crippen LogP contribution in [0.15, 0.2) is 30.3 Å². The summed E-state index contributed by atoms with van der Waals surface area (Å²) in [6.45, 7) is 6.40. The molecular weight excluding hydrogens is 562 g/mol. The SMILES string of the molecule is CCCCCCCCCCCCCC(=O)N[C@@H](C(=O)OCC)[C@H](OC(=O)CCCCCCCCCCCCC)c1ccccc1. The first kappa shape index (κ1) is 40.7. The molecule has 0 saturated heterocycles. The van der Waals surface area contributed by atoms with Crippen LogP contribution in [0.5, 0.6) is 0 Å². The molecule has 1 amide bonds. The van der Waals surface area contributed by atoms with Crippen LogP contribution in [0.4, 0.5) is 0 Å². The number of unbranched alkanes of at least 4 members (excludes halogenated alkanes) is 20. The lowest BCUT2D eigenvalue weighted by Gasteiger charge is -2.27. The summed E-state index contributed by atoms with van der Waals surface area (Å²) >= 11 is 0. The molecule has 6 heteroatoms. The Morgan fingerprint density at radius 3 is 1.44 bits per heavy atom. The summed E-state index contributed by atoms with van der Waals surface area (Å²) in [5, 5.41) is 2.86. The predicted octanol–water partition coefficient (Wildman–Crippen LogP) is 10.7. The van der Waals surface area contributed by atoms with Gasteiger partial charge in [-0.15, -0.1) is 0 Å². The second kappa shape index (κ2) is 29.1. The van der Waals surface area contributed by atoms with Crippen LogP contribution in [0.25, 0.3) is 0 Å². The molecule has 0 heterocycles. The molecule has 0 spiro atoms. The Kier molecular flexibility index (Phi) is 26.3. The zero-order chi connectivity index (χ0) is 32.8. The molecule has 1 aromatic carbocycles. The first-order chi connectivity index (χ1) is 22.0. The van der Waals surface area contributed by atoms with E-state index in [1.807, 2.05) is 30.3 Å². The average molecular weight is 630 g/mol. The highest BCUT2D eigenvalue weighted by Crippen LogP contribution is 2.24. The van der Waals surface area contributed by atoms with Crippen LogP contribution in [0.2, 0.25) is 0 Å². The van der Waals surface area contributed by atoms with Gasteiger partial charge in [0, 0.05) is 12.8 Å². The van der Waals surface area contributed by atoms with Crippen LogP contribution >= 0.6 is 0 Å². The average Bonchev–Trinajstić information content (AvgIpc) is 3.04. The van der Waals surface area contributed by atoms with Crippen LogP contribution in [0.1, 0.15) is 187 Å². The van der Waals surface area contributed by atoms with E-state index in [-0.39, 0.29) is 18.5 Å². The number of carbonyl (C=O) groups excluding carboxylic acids is 3. The lowest BCUT2D eigenvalue weighted by Crippen LogP contribution is -2.47. The Balaban J connectivity index is 2.53. The van der Waals surface area contributed by atoms with Gasteiger partial charge in [0.2, 0.25) is 5.91 Å². The van der Waals surface area contributed by atoms with Gasteiger partial charge in [0.05, 0.1) is 6.61 Å². The molecule has 0 unspecified atom stereocenters. The predicted molar refractivity (Wildman–Crippen MR) is 186 cm³/mol. The summed E-state index contributed by atoms with van der Waals surface area (Å²) in [4.78, 5) is 39.0. The first-order valence-corrected chi connectivity index (χ1v) is 18.7. The largest absolute Gasteiger partial charge is 0.464 e. The van der Waals surface area contributed by atoms with E-state index in [4.69, 9.17) is 9.47 Å². The molecule has 1 N–H and O–H groups in total. The molecular formula is C39H67NO5. The number of rotatable bonds is 30. The Bertz CT molecular complexity index is 858. The maximum Gasteiger partial charge on any atom is 0.332 e. The van der Waals surface area contributed by atoms with Crippen molar-refractivity contribution >= 4 is 17.8 Å². The number of benzene rings is 1. The number of hydrogen-bond acceptors (Lipinski definition) is 5. The third-order valence-corrected chi connectivity index (χ3v) is 8.54. The maximum atomic E-state index is 13.1. The van der Waals surface area contributed by atoms with Crippen molar-refractivity contribution in [1.29, 1.82) is 0 Å². The third kappa shape index (κ3) is 21.9. The molecule has 2 atom stereocenters. The Hall–Kier alpha value is -2.37. The maximum absolute atomic E-state index is 13.1. The van der Waals surface area contributed by atoms with Crippen molar-refractivity contribution < 1.29 is 23.9 Å². The van der Waals surface area contributed by atoms with Crippen molar-refractivity contribution in [1.82, 2.24) is 5.32 Å². The fourth-order valence-corrected chi connectivity index (χ4v) is 5.79. The highest BCUT2D eigenvalue weighted by molar-refractivity contribution is 5.85. The normalized spacial score (nSPS) is 12.4. The van der Waals surface area contributed by atoms with Gasteiger partial charge in [-0.05, 0) is 25.3 Å². The van der Waals surface area contributed by atoms with E-state index >= 15 is 0 Å². The summed E-state index contributed by atoms with van der Waals surface area (Å²) < 4.78 is 11.2. The van der Waals surface area contributed by atoms with Crippen LogP contribution < -0.4 is 5.32 Å². The molecule has 0 aliphatic rings. The summed E-state index contributed by atoms with van der Waals surface area (Å²) in [5.41, 5.74) is 0.665. The third-order valence-electron chi connectivity index (χ3n) is 8.54. The molecule has 0 saturated carbocycles. The molecule has 1 aromatic rings. The van der Waals surface area contributed by atoms with E-state index in [0.717, 1.165) is 38.5 Å². The second-order valence-corrected chi connectivity index (χ2v) is 12.7. The van der Waals surface area contributed by atoms with Crippen LogP contribution in [0, 0.1) is 0 Å². The van der Waals surface area contributed by atoms with Crippen molar-refractivity contribution in [2.75, 3.05) is 6.61 Å². The minimum absolute atomic E-state index is 0.179.